The van der Waals surface area contributed by atoms with Gasteiger partial charge in [0.1, 0.15) is 18.0 Å². The van der Waals surface area contributed by atoms with E-state index in [2.05, 4.69) is 36.1 Å². The molecule has 0 aliphatic carbocycles. The number of nitrogens with zero attached hydrogens (tertiary/aromatic N) is 4. The zero-order chi connectivity index (χ0) is 28.2. The van der Waals surface area contributed by atoms with E-state index in [1.807, 2.05) is 47.4 Å². The molecule has 0 bridgehead atoms. The number of hydrogen-bond acceptors (Lipinski definition) is 7. The topological polar surface area (TPSA) is 128 Å². The van der Waals surface area contributed by atoms with Crippen molar-refractivity contribution in [3.05, 3.63) is 96.2 Å². The lowest BCUT2D eigenvalue weighted by atomic mass is 10.0. The van der Waals surface area contributed by atoms with E-state index in [-0.39, 0.29) is 18.2 Å². The van der Waals surface area contributed by atoms with Crippen LogP contribution < -0.4 is 16.0 Å². The van der Waals surface area contributed by atoms with Crippen LogP contribution >= 0.6 is 0 Å². The van der Waals surface area contributed by atoms with E-state index in [4.69, 9.17) is 0 Å². The third kappa shape index (κ3) is 6.04. The highest BCUT2D eigenvalue weighted by Crippen LogP contribution is 2.28. The predicted octanol–water partition coefficient (Wildman–Crippen LogP) is 4.13. The molecular formula is C30H27FN8O2. The molecule has 4 N–H and O–H groups in total. The van der Waals surface area contributed by atoms with Crippen LogP contribution in [0.4, 0.5) is 21.7 Å². The zero-order valence-corrected chi connectivity index (χ0v) is 22.0. The molecule has 11 heteroatoms. The molecule has 0 radical (unpaired) electrons. The Kier molecular flexibility index (Phi) is 7.33. The quantitative estimate of drug-likeness (QED) is 0.240. The molecule has 3 heterocycles. The molecule has 3 aromatic carbocycles. The van der Waals surface area contributed by atoms with Crippen LogP contribution in [-0.2, 0) is 11.2 Å². The van der Waals surface area contributed by atoms with Crippen molar-refractivity contribution in [1.29, 1.82) is 0 Å². The summed E-state index contributed by atoms with van der Waals surface area (Å²) >= 11 is 0. The average Bonchev–Trinajstić information content (AvgIpc) is 3.43. The Balaban J connectivity index is 1.13. The lowest BCUT2D eigenvalue weighted by Crippen LogP contribution is -2.46. The summed E-state index contributed by atoms with van der Waals surface area (Å²) < 4.78 is 13.4. The summed E-state index contributed by atoms with van der Waals surface area (Å²) in [4.78, 5) is 35.8. The minimum Gasteiger partial charge on any atom is -0.336 e. The third-order valence-electron chi connectivity index (χ3n) is 6.84. The first-order valence-corrected chi connectivity index (χ1v) is 13.2. The van der Waals surface area contributed by atoms with E-state index < -0.39 is 5.82 Å². The SMILES string of the molecule is O=C(Cc1cc(Nc2ncnc3cc(-c4ccc(C(=O)N5CCNCC5)cc4)ccc23)n[nH]1)Nc1cccc(F)c1. The van der Waals surface area contributed by atoms with Gasteiger partial charge in [-0.05, 0) is 53.6 Å². The number of amides is 2. The van der Waals surface area contributed by atoms with Crippen LogP contribution in [0.1, 0.15) is 16.1 Å². The second-order valence-electron chi connectivity index (χ2n) is 9.71. The lowest BCUT2D eigenvalue weighted by molar-refractivity contribution is -0.115. The Labute approximate surface area is 235 Å². The number of H-pyrrole nitrogens is 1. The number of fused-ring (bicyclic) bond motifs is 1. The maximum Gasteiger partial charge on any atom is 0.253 e. The predicted molar refractivity (Wildman–Crippen MR) is 154 cm³/mol. The van der Waals surface area contributed by atoms with Gasteiger partial charge >= 0.3 is 0 Å². The van der Waals surface area contributed by atoms with Crippen LogP contribution in [0, 0.1) is 5.82 Å². The summed E-state index contributed by atoms with van der Waals surface area (Å²) in [6, 6.07) is 21.0. The van der Waals surface area contributed by atoms with Crippen molar-refractivity contribution in [1.82, 2.24) is 30.4 Å². The first-order chi connectivity index (χ1) is 20.0. The summed E-state index contributed by atoms with van der Waals surface area (Å²) in [5.74, 6) is 0.393. The number of hydrogen-bond donors (Lipinski definition) is 4. The molecule has 10 nitrogen and oxygen atoms in total. The highest BCUT2D eigenvalue weighted by Gasteiger charge is 2.18. The number of carbonyl (C=O) groups excluding carboxylic acids is 2. The van der Waals surface area contributed by atoms with Gasteiger partial charge in [-0.2, -0.15) is 5.10 Å². The van der Waals surface area contributed by atoms with Gasteiger partial charge in [-0.25, -0.2) is 14.4 Å². The van der Waals surface area contributed by atoms with Gasteiger partial charge < -0.3 is 20.9 Å². The maximum absolute atomic E-state index is 13.4. The maximum atomic E-state index is 13.4. The van der Waals surface area contributed by atoms with Gasteiger partial charge in [0.25, 0.3) is 5.91 Å². The number of piperazine rings is 1. The van der Waals surface area contributed by atoms with Gasteiger partial charge in [-0.15, -0.1) is 0 Å². The van der Waals surface area contributed by atoms with Crippen molar-refractivity contribution >= 4 is 40.0 Å². The second kappa shape index (κ2) is 11.5. The number of nitrogens with one attached hydrogen (secondary N) is 4. The average molecular weight is 551 g/mol. The van der Waals surface area contributed by atoms with E-state index in [0.717, 1.165) is 35.1 Å². The highest BCUT2D eigenvalue weighted by molar-refractivity contribution is 5.96. The number of aromatic amines is 1. The Morgan fingerprint density at radius 3 is 2.54 bits per heavy atom. The largest absolute Gasteiger partial charge is 0.336 e. The molecule has 1 fully saturated rings. The van der Waals surface area contributed by atoms with Crippen molar-refractivity contribution in [3.63, 3.8) is 0 Å². The van der Waals surface area contributed by atoms with Crippen LogP contribution in [0.25, 0.3) is 22.0 Å². The minimum absolute atomic E-state index is 0.0404. The Morgan fingerprint density at radius 2 is 1.73 bits per heavy atom. The Bertz CT molecular complexity index is 1710. The van der Waals surface area contributed by atoms with Crippen molar-refractivity contribution in [2.75, 3.05) is 36.8 Å². The highest BCUT2D eigenvalue weighted by atomic mass is 19.1. The van der Waals surface area contributed by atoms with Crippen molar-refractivity contribution in [3.8, 4) is 11.1 Å². The molecule has 5 aromatic rings. The van der Waals surface area contributed by atoms with E-state index in [1.54, 1.807) is 12.1 Å². The van der Waals surface area contributed by atoms with Gasteiger partial charge in [0.15, 0.2) is 5.82 Å². The monoisotopic (exact) mass is 550 g/mol. The molecular weight excluding hydrogens is 523 g/mol. The number of carbonyl (C=O) groups is 2. The number of anilines is 3. The van der Waals surface area contributed by atoms with E-state index in [1.165, 1.54) is 24.5 Å². The number of halogens is 1. The molecule has 1 saturated heterocycles. The van der Waals surface area contributed by atoms with Crippen LogP contribution in [0.2, 0.25) is 0 Å². The zero-order valence-electron chi connectivity index (χ0n) is 22.0. The minimum atomic E-state index is -0.421. The van der Waals surface area contributed by atoms with Gasteiger partial charge in [-0.3, -0.25) is 14.7 Å². The lowest BCUT2D eigenvalue weighted by Gasteiger charge is -2.27. The van der Waals surface area contributed by atoms with Gasteiger partial charge in [0.2, 0.25) is 5.91 Å². The molecule has 0 unspecified atom stereocenters. The number of aromatic nitrogens is 4. The third-order valence-corrected chi connectivity index (χ3v) is 6.84. The second-order valence-corrected chi connectivity index (χ2v) is 9.71. The van der Waals surface area contributed by atoms with E-state index in [0.29, 0.717) is 41.7 Å². The van der Waals surface area contributed by atoms with Gasteiger partial charge in [0.05, 0.1) is 11.9 Å². The molecule has 1 aliphatic heterocycles. The number of benzene rings is 3. The van der Waals surface area contributed by atoms with Crippen LogP contribution in [-0.4, -0.2) is 63.1 Å². The van der Waals surface area contributed by atoms with Crippen LogP contribution in [0.15, 0.2) is 79.1 Å². The molecule has 2 aromatic heterocycles. The summed E-state index contributed by atoms with van der Waals surface area (Å²) in [7, 11) is 0. The molecule has 0 spiro atoms. The summed E-state index contributed by atoms with van der Waals surface area (Å²) in [5, 5.41) is 17.0. The van der Waals surface area contributed by atoms with E-state index >= 15 is 0 Å². The van der Waals surface area contributed by atoms with Crippen molar-refractivity contribution in [2.45, 2.75) is 6.42 Å². The molecule has 2 amide bonds. The van der Waals surface area contributed by atoms with Crippen LogP contribution in [0.3, 0.4) is 0 Å². The standard InChI is InChI=1S/C30H27FN8O2/c31-22-2-1-3-23(15-22)35-28(40)17-24-16-27(38-37-24)36-29-25-9-8-21(14-26(25)33-18-34-29)19-4-6-20(7-5-19)30(41)39-12-10-32-11-13-39/h1-9,14-16,18,32H,10-13,17H2,(H,35,40)(H2,33,34,36,37,38). The molecule has 206 valence electrons. The van der Waals surface area contributed by atoms with Gasteiger partial charge in [0, 0.05) is 54.6 Å². The van der Waals surface area contributed by atoms with E-state index in [9.17, 15) is 14.0 Å². The first kappa shape index (κ1) is 26.1. The molecule has 6 rings (SSSR count). The summed E-state index contributed by atoms with van der Waals surface area (Å²) in [6.07, 6.45) is 1.52. The fraction of sp³-hybridized carbons (Fsp3) is 0.167. The van der Waals surface area contributed by atoms with Crippen molar-refractivity contribution in [2.24, 2.45) is 0 Å². The molecule has 41 heavy (non-hydrogen) atoms. The fourth-order valence-electron chi connectivity index (χ4n) is 4.77. The Morgan fingerprint density at radius 1 is 0.927 bits per heavy atom. The summed E-state index contributed by atoms with van der Waals surface area (Å²) in [6.45, 7) is 3.06. The van der Waals surface area contributed by atoms with Gasteiger partial charge in [-0.1, -0.05) is 24.3 Å². The fourth-order valence-corrected chi connectivity index (χ4v) is 4.77. The summed E-state index contributed by atoms with van der Waals surface area (Å²) in [5.41, 5.74) is 4.33. The molecule has 0 saturated carbocycles. The molecule has 1 aliphatic rings. The smallest absolute Gasteiger partial charge is 0.253 e. The number of rotatable bonds is 7. The normalized spacial score (nSPS) is 13.2. The molecule has 0 atom stereocenters. The first-order valence-electron chi connectivity index (χ1n) is 13.2. The van der Waals surface area contributed by atoms with Crippen molar-refractivity contribution < 1.29 is 14.0 Å². The van der Waals surface area contributed by atoms with Crippen LogP contribution in [0.5, 0.6) is 0 Å². The Hall–Kier alpha value is -5.16.